The van der Waals surface area contributed by atoms with E-state index in [0.717, 1.165) is 45.0 Å². The van der Waals surface area contributed by atoms with Gasteiger partial charge in [-0.05, 0) is 133 Å². The van der Waals surface area contributed by atoms with Crippen LogP contribution in [0.5, 0.6) is 11.5 Å². The van der Waals surface area contributed by atoms with Crippen molar-refractivity contribution in [2.45, 2.75) is 118 Å². The largest absolute Gasteiger partial charge is 0.457 e. The summed E-state index contributed by atoms with van der Waals surface area (Å²) in [6.45, 7) is 30.6. The summed E-state index contributed by atoms with van der Waals surface area (Å²) in [6, 6.07) is 60.5. The van der Waals surface area contributed by atoms with E-state index in [9.17, 15) is 0 Å². The molecule has 1 aliphatic heterocycles. The third-order valence-electron chi connectivity index (χ3n) is 14.8. The van der Waals surface area contributed by atoms with Crippen molar-refractivity contribution in [2.75, 3.05) is 16.5 Å². The number of hydrogen-bond donors (Lipinski definition) is 0. The van der Waals surface area contributed by atoms with Crippen LogP contribution < -0.4 is 14.5 Å². The highest BCUT2D eigenvalue weighted by molar-refractivity contribution is 6.09. The number of ether oxygens (including phenoxy) is 1. The van der Waals surface area contributed by atoms with Crippen molar-refractivity contribution in [1.82, 2.24) is 9.55 Å². The van der Waals surface area contributed by atoms with Crippen LogP contribution in [0.2, 0.25) is 0 Å². The zero-order valence-corrected chi connectivity index (χ0v) is 44.1. The molecule has 360 valence electrons. The van der Waals surface area contributed by atoms with Crippen molar-refractivity contribution >= 4 is 44.6 Å². The molecule has 10 rings (SSSR count). The van der Waals surface area contributed by atoms with Crippen LogP contribution in [0, 0.1) is 0 Å². The third-order valence-corrected chi connectivity index (χ3v) is 14.8. The standard InChI is InChI=1S/C66H70N4O/c1-43(2)54-23-17-18-24-55(54)44-33-50(40-53(34-44)71-52-28-29-57-56-25-19-20-26-58(56)70(60(57)41-52)62-39-47(31-32-67-62)64(6,7)8)68-42-69(61-38-46(63(3,4)5)27-30-59(61)68)51-36-48(65(9,10)11)35-49(37-51)66(12,13)45-21-15-14-16-22-45/h14-41,43H,42H2,1-13H3. The molecule has 7 aromatic carbocycles. The minimum absolute atomic E-state index is 0.0257. The van der Waals surface area contributed by atoms with Crippen LogP contribution in [0.4, 0.5) is 22.7 Å². The SMILES string of the molecule is CC(C)c1ccccc1-c1cc(Oc2ccc3c4ccccc4n(-c4cc(C(C)(C)C)ccn4)c3c2)cc(N2CN(c3cc(C(C)(C)C)cc(C(C)(C)c4ccccc4)c3)c3cc(C(C)(C)C)ccc32)c1. The van der Waals surface area contributed by atoms with E-state index >= 15 is 0 Å². The van der Waals surface area contributed by atoms with E-state index in [1.54, 1.807) is 0 Å². The Morgan fingerprint density at radius 3 is 1.83 bits per heavy atom. The fraction of sp³-hybridized carbons (Fsp3) is 0.288. The van der Waals surface area contributed by atoms with Crippen molar-refractivity contribution in [3.8, 4) is 28.4 Å². The van der Waals surface area contributed by atoms with Gasteiger partial charge >= 0.3 is 0 Å². The maximum atomic E-state index is 7.15. The lowest BCUT2D eigenvalue weighted by atomic mass is 9.75. The first-order valence-corrected chi connectivity index (χ1v) is 25.5. The zero-order chi connectivity index (χ0) is 50.2. The van der Waals surface area contributed by atoms with Gasteiger partial charge in [0.15, 0.2) is 0 Å². The van der Waals surface area contributed by atoms with Gasteiger partial charge in [-0.1, -0.05) is 175 Å². The molecule has 0 saturated carbocycles. The summed E-state index contributed by atoms with van der Waals surface area (Å²) in [6.07, 6.45) is 1.94. The van der Waals surface area contributed by atoms with Gasteiger partial charge in [-0.2, -0.15) is 0 Å². The summed E-state index contributed by atoms with van der Waals surface area (Å²) in [5.41, 5.74) is 16.5. The van der Waals surface area contributed by atoms with Crippen LogP contribution in [0.25, 0.3) is 38.8 Å². The van der Waals surface area contributed by atoms with Crippen LogP contribution in [-0.2, 0) is 21.7 Å². The smallest absolute Gasteiger partial charge is 0.137 e. The molecule has 5 heteroatoms. The maximum Gasteiger partial charge on any atom is 0.137 e. The number of benzene rings is 7. The van der Waals surface area contributed by atoms with Crippen LogP contribution in [0.15, 0.2) is 170 Å². The number of para-hydroxylation sites is 1. The fourth-order valence-electron chi connectivity index (χ4n) is 10.4. The summed E-state index contributed by atoms with van der Waals surface area (Å²) >= 11 is 0. The summed E-state index contributed by atoms with van der Waals surface area (Å²) in [5, 5.41) is 2.34. The molecule has 9 aromatic rings. The first-order valence-electron chi connectivity index (χ1n) is 25.5. The van der Waals surface area contributed by atoms with Gasteiger partial charge in [-0.25, -0.2) is 4.98 Å². The van der Waals surface area contributed by atoms with Gasteiger partial charge in [0.2, 0.25) is 0 Å². The number of aromatic nitrogens is 2. The van der Waals surface area contributed by atoms with Gasteiger partial charge < -0.3 is 14.5 Å². The van der Waals surface area contributed by atoms with Gasteiger partial charge in [0.05, 0.1) is 22.4 Å². The first kappa shape index (κ1) is 47.6. The summed E-state index contributed by atoms with van der Waals surface area (Å²) in [7, 11) is 0. The highest BCUT2D eigenvalue weighted by Gasteiger charge is 2.34. The van der Waals surface area contributed by atoms with Gasteiger partial charge in [-0.3, -0.25) is 4.57 Å². The van der Waals surface area contributed by atoms with Crippen molar-refractivity contribution in [3.05, 3.63) is 203 Å². The highest BCUT2D eigenvalue weighted by atomic mass is 16.5. The second-order valence-electron chi connectivity index (χ2n) is 23.7. The van der Waals surface area contributed by atoms with E-state index in [2.05, 4.69) is 268 Å². The Balaban J connectivity index is 1.14. The topological polar surface area (TPSA) is 33.5 Å². The number of fused-ring (bicyclic) bond motifs is 4. The predicted octanol–water partition coefficient (Wildman–Crippen LogP) is 18.2. The molecule has 0 radical (unpaired) electrons. The molecule has 1 aliphatic rings. The maximum absolute atomic E-state index is 7.15. The van der Waals surface area contributed by atoms with Gasteiger partial charge in [0, 0.05) is 45.9 Å². The van der Waals surface area contributed by atoms with Gasteiger partial charge in [0.1, 0.15) is 24.0 Å². The molecule has 71 heavy (non-hydrogen) atoms. The van der Waals surface area contributed by atoms with E-state index in [1.165, 1.54) is 61.4 Å². The lowest BCUT2D eigenvalue weighted by molar-refractivity contribution is 0.483. The molecule has 0 amide bonds. The molecule has 0 saturated heterocycles. The summed E-state index contributed by atoms with van der Waals surface area (Å²) < 4.78 is 9.44. The average molecular weight is 935 g/mol. The Hall–Kier alpha value is -7.11. The van der Waals surface area contributed by atoms with Crippen molar-refractivity contribution < 1.29 is 4.74 Å². The second kappa shape index (κ2) is 17.6. The number of rotatable bonds is 9. The molecule has 2 aromatic heterocycles. The molecular formula is C66H70N4O. The third kappa shape index (κ3) is 9.01. The van der Waals surface area contributed by atoms with Crippen molar-refractivity contribution in [1.29, 1.82) is 0 Å². The summed E-state index contributed by atoms with van der Waals surface area (Å²) in [4.78, 5) is 9.98. The number of anilines is 4. The Bertz CT molecular complexity index is 3450. The molecule has 0 atom stereocenters. The lowest BCUT2D eigenvalue weighted by Crippen LogP contribution is -2.26. The second-order valence-corrected chi connectivity index (χ2v) is 23.7. The Morgan fingerprint density at radius 2 is 1.10 bits per heavy atom. The van der Waals surface area contributed by atoms with Crippen LogP contribution in [0.1, 0.15) is 129 Å². The monoisotopic (exact) mass is 935 g/mol. The Morgan fingerprint density at radius 1 is 0.465 bits per heavy atom. The Kier molecular flexibility index (Phi) is 11.8. The van der Waals surface area contributed by atoms with Gasteiger partial charge in [0.25, 0.3) is 0 Å². The number of nitrogens with zero attached hydrogens (tertiary/aromatic N) is 4. The predicted molar refractivity (Wildman–Crippen MR) is 301 cm³/mol. The van der Waals surface area contributed by atoms with E-state index in [-0.39, 0.29) is 21.7 Å². The first-order chi connectivity index (χ1) is 33.6. The lowest BCUT2D eigenvalue weighted by Gasteiger charge is -2.32. The molecule has 0 N–H and O–H groups in total. The fourth-order valence-corrected chi connectivity index (χ4v) is 10.4. The van der Waals surface area contributed by atoms with Crippen molar-refractivity contribution in [3.63, 3.8) is 0 Å². The molecule has 0 spiro atoms. The minimum Gasteiger partial charge on any atom is -0.457 e. The van der Waals surface area contributed by atoms with E-state index < -0.39 is 0 Å². The molecule has 0 fully saturated rings. The van der Waals surface area contributed by atoms with E-state index in [0.29, 0.717) is 12.6 Å². The van der Waals surface area contributed by atoms with Gasteiger partial charge in [-0.15, -0.1) is 0 Å². The van der Waals surface area contributed by atoms with E-state index in [4.69, 9.17) is 9.72 Å². The zero-order valence-electron chi connectivity index (χ0n) is 44.1. The summed E-state index contributed by atoms with van der Waals surface area (Å²) in [5.74, 6) is 2.77. The molecule has 3 heterocycles. The van der Waals surface area contributed by atoms with Crippen LogP contribution in [0.3, 0.4) is 0 Å². The average Bonchev–Trinajstić information content (AvgIpc) is 3.89. The quantitative estimate of drug-likeness (QED) is 0.144. The minimum atomic E-state index is -0.221. The Labute approximate surface area is 422 Å². The molecule has 0 unspecified atom stereocenters. The molecule has 5 nitrogen and oxygen atoms in total. The van der Waals surface area contributed by atoms with E-state index in [1.807, 2.05) is 6.20 Å². The normalized spacial score (nSPS) is 13.4. The molecular weight excluding hydrogens is 865 g/mol. The number of pyridine rings is 1. The van der Waals surface area contributed by atoms with Crippen molar-refractivity contribution in [2.24, 2.45) is 0 Å². The van der Waals surface area contributed by atoms with Crippen LogP contribution >= 0.6 is 0 Å². The highest BCUT2D eigenvalue weighted by Crippen LogP contribution is 2.50. The van der Waals surface area contributed by atoms with Crippen LogP contribution in [-0.4, -0.2) is 16.2 Å². The number of hydrogen-bond acceptors (Lipinski definition) is 4. The molecule has 0 bridgehead atoms. The molecule has 0 aliphatic carbocycles.